The summed E-state index contributed by atoms with van der Waals surface area (Å²) in [5, 5.41) is 0.763. The molecule has 0 unspecified atom stereocenters. The third-order valence-electron chi connectivity index (χ3n) is 4.18. The Kier molecular flexibility index (Phi) is 4.97. The molecule has 0 amide bonds. The van der Waals surface area contributed by atoms with Crippen LogP contribution in [0.3, 0.4) is 0 Å². The van der Waals surface area contributed by atoms with E-state index in [1.807, 2.05) is 24.3 Å². The van der Waals surface area contributed by atoms with Gasteiger partial charge in [0.15, 0.2) is 0 Å². The maximum Gasteiger partial charge on any atom is 0.339 e. The molecule has 27 heavy (non-hydrogen) atoms. The van der Waals surface area contributed by atoms with E-state index in [9.17, 15) is 9.59 Å². The Hall–Kier alpha value is -3.18. The van der Waals surface area contributed by atoms with Crippen molar-refractivity contribution in [2.75, 3.05) is 21.1 Å². The lowest BCUT2D eigenvalue weighted by molar-refractivity contribution is -0.130. The zero-order chi connectivity index (χ0) is 19.6. The highest BCUT2D eigenvalue weighted by Crippen LogP contribution is 2.22. The Morgan fingerprint density at radius 1 is 1.00 bits per heavy atom. The number of quaternary nitrogens is 1. The lowest BCUT2D eigenvalue weighted by Gasteiger charge is -2.23. The number of ether oxygens (including phenoxy) is 1. The van der Waals surface area contributed by atoms with Crippen LogP contribution >= 0.6 is 0 Å². The zero-order valence-electron chi connectivity index (χ0n) is 15.9. The van der Waals surface area contributed by atoms with Gasteiger partial charge in [-0.05, 0) is 61.0 Å². The minimum atomic E-state index is -0.455. The van der Waals surface area contributed by atoms with Crippen molar-refractivity contribution in [3.05, 3.63) is 76.2 Å². The second-order valence-corrected chi connectivity index (χ2v) is 7.27. The van der Waals surface area contributed by atoms with Crippen LogP contribution in [0.4, 0.5) is 5.69 Å². The molecule has 138 valence electrons. The molecule has 1 aromatic heterocycles. The van der Waals surface area contributed by atoms with E-state index in [1.165, 1.54) is 17.8 Å². The molecule has 0 N–H and O–H groups in total. The minimum absolute atomic E-state index is 0.329. The summed E-state index contributed by atoms with van der Waals surface area (Å²) >= 11 is 0. The van der Waals surface area contributed by atoms with Crippen molar-refractivity contribution in [2.24, 2.45) is 0 Å². The van der Waals surface area contributed by atoms with Crippen LogP contribution in [0.15, 0.2) is 69.4 Å². The molecule has 0 radical (unpaired) electrons. The number of hydrogen-bond acceptors (Lipinski definition) is 4. The smallest absolute Gasteiger partial charge is 0.339 e. The molecule has 3 aromatic rings. The molecule has 0 aliphatic heterocycles. The maximum atomic E-state index is 12.4. The summed E-state index contributed by atoms with van der Waals surface area (Å²) in [6.45, 7) is 1.71. The molecule has 0 bridgehead atoms. The molecule has 0 saturated heterocycles. The summed E-state index contributed by atoms with van der Waals surface area (Å²) in [5.41, 5.74) is 2.50. The van der Waals surface area contributed by atoms with Crippen molar-refractivity contribution in [3.63, 3.8) is 0 Å². The molecule has 0 spiro atoms. The van der Waals surface area contributed by atoms with Gasteiger partial charge in [0.2, 0.25) is 0 Å². The number of carbonyl (C=O) groups is 1. The summed E-state index contributed by atoms with van der Waals surface area (Å²) in [6, 6.07) is 16.0. The van der Waals surface area contributed by atoms with Gasteiger partial charge in [-0.1, -0.05) is 0 Å². The second-order valence-electron chi connectivity index (χ2n) is 7.27. The van der Waals surface area contributed by atoms with E-state index in [0.29, 0.717) is 16.9 Å². The van der Waals surface area contributed by atoms with Crippen molar-refractivity contribution < 1.29 is 13.9 Å². The van der Waals surface area contributed by atoms with Crippen LogP contribution in [0.25, 0.3) is 17.0 Å². The Labute approximate surface area is 157 Å². The Morgan fingerprint density at radius 3 is 2.33 bits per heavy atom. The molecule has 5 heteroatoms. The van der Waals surface area contributed by atoms with Gasteiger partial charge >= 0.3 is 11.6 Å². The average Bonchev–Trinajstić information content (AvgIpc) is 2.61. The zero-order valence-corrected chi connectivity index (χ0v) is 15.9. The minimum Gasteiger partial charge on any atom is -0.423 e. The van der Waals surface area contributed by atoms with Gasteiger partial charge in [-0.3, -0.25) is 4.48 Å². The lowest BCUT2D eigenvalue weighted by Crippen LogP contribution is -2.34. The molecule has 0 fully saturated rings. The summed E-state index contributed by atoms with van der Waals surface area (Å²) in [6.07, 6.45) is 1.78. The van der Waals surface area contributed by atoms with Gasteiger partial charge < -0.3 is 9.15 Å². The van der Waals surface area contributed by atoms with Crippen molar-refractivity contribution in [3.8, 4) is 5.75 Å². The van der Waals surface area contributed by atoms with E-state index in [0.717, 1.165) is 15.4 Å². The molecule has 2 aromatic carbocycles. The Balaban J connectivity index is 1.77. The third kappa shape index (κ3) is 4.51. The van der Waals surface area contributed by atoms with Crippen LogP contribution in [0, 0.1) is 0 Å². The van der Waals surface area contributed by atoms with E-state index >= 15 is 0 Å². The summed E-state index contributed by atoms with van der Waals surface area (Å²) in [5.74, 6) is -0.127. The largest absolute Gasteiger partial charge is 0.423 e. The SMILES string of the molecule is CC(=Cc1ccc([N+](C)(C)C)cc1)C(=O)Oc1ccc2ccc(=O)oc2c1. The molecular formula is C22H22NO4+. The van der Waals surface area contributed by atoms with E-state index in [2.05, 4.69) is 21.1 Å². The normalized spacial score (nSPS) is 12.2. The third-order valence-corrected chi connectivity index (χ3v) is 4.18. The predicted molar refractivity (Wildman–Crippen MR) is 108 cm³/mol. The molecule has 1 heterocycles. The van der Waals surface area contributed by atoms with Gasteiger partial charge in [0.1, 0.15) is 17.0 Å². The van der Waals surface area contributed by atoms with Gasteiger partial charge in [-0.25, -0.2) is 9.59 Å². The fourth-order valence-electron chi connectivity index (χ4n) is 2.62. The van der Waals surface area contributed by atoms with Crippen LogP contribution in [0.5, 0.6) is 5.75 Å². The maximum absolute atomic E-state index is 12.4. The number of benzene rings is 2. The molecule has 0 atom stereocenters. The average molecular weight is 364 g/mol. The van der Waals surface area contributed by atoms with Crippen molar-refractivity contribution in [1.29, 1.82) is 0 Å². The second kappa shape index (κ2) is 7.21. The highest BCUT2D eigenvalue weighted by Gasteiger charge is 2.12. The van der Waals surface area contributed by atoms with Crippen LogP contribution in [-0.4, -0.2) is 27.1 Å². The topological polar surface area (TPSA) is 56.5 Å². The molecule has 0 saturated carbocycles. The molecule has 0 aliphatic carbocycles. The van der Waals surface area contributed by atoms with Crippen molar-refractivity contribution >= 4 is 28.7 Å². The fourth-order valence-corrected chi connectivity index (χ4v) is 2.62. The number of nitrogens with zero attached hydrogens (tertiary/aromatic N) is 1. The number of carbonyl (C=O) groups excluding carboxylic acids is 1. The van der Waals surface area contributed by atoms with Gasteiger partial charge in [-0.2, -0.15) is 0 Å². The Morgan fingerprint density at radius 2 is 1.67 bits per heavy atom. The van der Waals surface area contributed by atoms with Crippen LogP contribution in [0.1, 0.15) is 12.5 Å². The number of fused-ring (bicyclic) bond motifs is 1. The number of rotatable bonds is 4. The van der Waals surface area contributed by atoms with E-state index in [1.54, 1.807) is 31.2 Å². The van der Waals surface area contributed by atoms with E-state index in [-0.39, 0.29) is 0 Å². The van der Waals surface area contributed by atoms with Gasteiger partial charge in [-0.15, -0.1) is 0 Å². The highest BCUT2D eigenvalue weighted by atomic mass is 16.5. The molecule has 0 aliphatic rings. The first-order chi connectivity index (χ1) is 12.7. The summed E-state index contributed by atoms with van der Waals surface area (Å²) < 4.78 is 11.2. The molecule has 5 nitrogen and oxygen atoms in total. The standard InChI is InChI=1S/C22H22NO4/c1-15(13-16-5-9-18(10-6-16)23(2,3)4)22(25)26-19-11-7-17-8-12-21(24)27-20(17)14-19/h5-14H,1-4H3/q+1. The van der Waals surface area contributed by atoms with Crippen molar-refractivity contribution in [2.45, 2.75) is 6.92 Å². The molecule has 3 rings (SSSR count). The van der Waals surface area contributed by atoms with Crippen LogP contribution < -0.4 is 14.8 Å². The summed E-state index contributed by atoms with van der Waals surface area (Å²) in [4.78, 5) is 23.7. The first-order valence-electron chi connectivity index (χ1n) is 8.59. The van der Waals surface area contributed by atoms with Crippen molar-refractivity contribution in [1.82, 2.24) is 4.48 Å². The first-order valence-corrected chi connectivity index (χ1v) is 8.59. The summed E-state index contributed by atoms with van der Waals surface area (Å²) in [7, 11) is 6.29. The van der Waals surface area contributed by atoms with E-state index in [4.69, 9.17) is 9.15 Å². The van der Waals surface area contributed by atoms with Gasteiger partial charge in [0, 0.05) is 23.1 Å². The van der Waals surface area contributed by atoms with E-state index < -0.39 is 11.6 Å². The quantitative estimate of drug-likeness (QED) is 0.231. The predicted octanol–water partition coefficient (Wildman–Crippen LogP) is 4.00. The Bertz CT molecular complexity index is 1070. The molecular weight excluding hydrogens is 342 g/mol. The lowest BCUT2D eigenvalue weighted by atomic mass is 10.1. The van der Waals surface area contributed by atoms with Crippen LogP contribution in [0.2, 0.25) is 0 Å². The van der Waals surface area contributed by atoms with Gasteiger partial charge in [0.05, 0.1) is 21.1 Å². The number of hydrogen-bond donors (Lipinski definition) is 0. The first kappa shape index (κ1) is 18.6. The monoisotopic (exact) mass is 364 g/mol. The van der Waals surface area contributed by atoms with Gasteiger partial charge in [0.25, 0.3) is 0 Å². The number of esters is 1. The fraction of sp³-hybridized carbons (Fsp3) is 0.182. The highest BCUT2D eigenvalue weighted by molar-refractivity contribution is 5.94. The van der Waals surface area contributed by atoms with Crippen LogP contribution in [-0.2, 0) is 4.79 Å².